The van der Waals surface area contributed by atoms with Gasteiger partial charge in [0.2, 0.25) is 5.91 Å². The molecule has 18 heavy (non-hydrogen) atoms. The lowest BCUT2D eigenvalue weighted by Gasteiger charge is -2.18. The van der Waals surface area contributed by atoms with Crippen LogP contribution in [0.25, 0.3) is 0 Å². The van der Waals surface area contributed by atoms with E-state index in [1.54, 1.807) is 4.90 Å². The van der Waals surface area contributed by atoms with Crippen LogP contribution in [0.2, 0.25) is 0 Å². The van der Waals surface area contributed by atoms with E-state index in [2.05, 4.69) is 5.32 Å². The highest BCUT2D eigenvalue weighted by Gasteiger charge is 2.32. The van der Waals surface area contributed by atoms with Gasteiger partial charge in [0.15, 0.2) is 0 Å². The number of amides is 2. The van der Waals surface area contributed by atoms with Gasteiger partial charge in [-0.05, 0) is 19.3 Å². The molecular weight excluding hydrogens is 232 g/mol. The molecule has 0 aromatic rings. The molecule has 1 fully saturated rings. The fraction of sp³-hybridized carbons (Fsp3) is 0.846. The van der Waals surface area contributed by atoms with E-state index >= 15 is 0 Å². The Hall–Kier alpha value is -1.26. The number of cyclic esters (lactones) is 1. The van der Waals surface area contributed by atoms with E-state index in [1.165, 1.54) is 0 Å². The highest BCUT2D eigenvalue weighted by molar-refractivity contribution is 5.76. The molecule has 1 rings (SSSR count). The molecule has 5 nitrogen and oxygen atoms in total. The predicted octanol–water partition coefficient (Wildman–Crippen LogP) is 1.77. The molecule has 0 radical (unpaired) electrons. The molecule has 1 aliphatic rings. The maximum absolute atomic E-state index is 11.6. The van der Waals surface area contributed by atoms with E-state index in [0.717, 1.165) is 0 Å². The molecule has 0 saturated carbocycles. The van der Waals surface area contributed by atoms with Gasteiger partial charge in [-0.2, -0.15) is 0 Å². The Morgan fingerprint density at radius 2 is 2.11 bits per heavy atom. The smallest absolute Gasteiger partial charge is 0.410 e. The summed E-state index contributed by atoms with van der Waals surface area (Å²) in [5.74, 6) is 0.00143. The normalized spacial score (nSPS) is 20.2. The number of hydrogen-bond acceptors (Lipinski definition) is 3. The topological polar surface area (TPSA) is 58.6 Å². The molecule has 0 aliphatic carbocycles. The zero-order chi connectivity index (χ0) is 13.9. The Kier molecular flexibility index (Phi) is 4.59. The summed E-state index contributed by atoms with van der Waals surface area (Å²) in [6.45, 7) is 10.9. The van der Waals surface area contributed by atoms with Crippen LogP contribution in [0.15, 0.2) is 0 Å². The summed E-state index contributed by atoms with van der Waals surface area (Å²) in [6, 6.07) is 0.132. The lowest BCUT2D eigenvalue weighted by atomic mass is 9.92. The highest BCUT2D eigenvalue weighted by atomic mass is 16.6. The van der Waals surface area contributed by atoms with E-state index in [-0.39, 0.29) is 29.6 Å². The quantitative estimate of drug-likeness (QED) is 0.834. The van der Waals surface area contributed by atoms with Crippen molar-refractivity contribution in [2.45, 2.75) is 53.2 Å². The molecule has 1 atom stereocenters. The van der Waals surface area contributed by atoms with Crippen LogP contribution < -0.4 is 5.32 Å². The summed E-state index contributed by atoms with van der Waals surface area (Å²) < 4.78 is 5.19. The summed E-state index contributed by atoms with van der Waals surface area (Å²) in [7, 11) is 0. The van der Waals surface area contributed by atoms with Crippen molar-refractivity contribution in [1.82, 2.24) is 10.2 Å². The standard InChI is InChI=1S/C13H24N2O3/c1-9(2)15-8-10(18-12(15)17)7-14-11(16)6-13(3,4)5/h9-10H,6-8H2,1-5H3,(H,14,16). The van der Waals surface area contributed by atoms with Crippen molar-refractivity contribution in [3.63, 3.8) is 0 Å². The molecule has 2 amide bonds. The van der Waals surface area contributed by atoms with Gasteiger partial charge in [0.05, 0.1) is 13.1 Å². The molecule has 0 spiro atoms. The van der Waals surface area contributed by atoms with Gasteiger partial charge in [-0.25, -0.2) is 4.79 Å². The van der Waals surface area contributed by atoms with Crippen molar-refractivity contribution in [3.05, 3.63) is 0 Å². The third kappa shape index (κ3) is 4.55. The van der Waals surface area contributed by atoms with Crippen LogP contribution in [0, 0.1) is 5.41 Å². The van der Waals surface area contributed by atoms with Gasteiger partial charge < -0.3 is 15.0 Å². The molecule has 5 heteroatoms. The van der Waals surface area contributed by atoms with E-state index in [9.17, 15) is 9.59 Å². The third-order valence-corrected chi connectivity index (χ3v) is 2.74. The van der Waals surface area contributed by atoms with Gasteiger partial charge in [0.25, 0.3) is 0 Å². The van der Waals surface area contributed by atoms with Gasteiger partial charge in [-0.15, -0.1) is 0 Å². The van der Waals surface area contributed by atoms with Gasteiger partial charge in [0.1, 0.15) is 6.10 Å². The molecule has 0 aromatic carbocycles. The second kappa shape index (κ2) is 5.59. The largest absolute Gasteiger partial charge is 0.442 e. The first-order valence-electron chi connectivity index (χ1n) is 6.43. The number of carbonyl (C=O) groups is 2. The first-order chi connectivity index (χ1) is 8.19. The summed E-state index contributed by atoms with van der Waals surface area (Å²) in [5.41, 5.74) is -0.0274. The fourth-order valence-electron chi connectivity index (χ4n) is 1.84. The van der Waals surface area contributed by atoms with Crippen molar-refractivity contribution in [1.29, 1.82) is 0 Å². The molecule has 0 bridgehead atoms. The highest BCUT2D eigenvalue weighted by Crippen LogP contribution is 2.18. The van der Waals surface area contributed by atoms with Crippen LogP contribution in [0.1, 0.15) is 41.0 Å². The van der Waals surface area contributed by atoms with E-state index in [1.807, 2.05) is 34.6 Å². The monoisotopic (exact) mass is 256 g/mol. The van der Waals surface area contributed by atoms with Crippen molar-refractivity contribution in [3.8, 4) is 0 Å². The van der Waals surface area contributed by atoms with Gasteiger partial charge in [0, 0.05) is 12.5 Å². The van der Waals surface area contributed by atoms with Crippen molar-refractivity contribution >= 4 is 12.0 Å². The fourth-order valence-corrected chi connectivity index (χ4v) is 1.84. The SMILES string of the molecule is CC(C)N1CC(CNC(=O)CC(C)(C)C)OC1=O. The van der Waals surface area contributed by atoms with Crippen LogP contribution in [0.5, 0.6) is 0 Å². The van der Waals surface area contributed by atoms with Crippen molar-refractivity contribution < 1.29 is 14.3 Å². The number of nitrogens with zero attached hydrogens (tertiary/aromatic N) is 1. The Morgan fingerprint density at radius 1 is 1.50 bits per heavy atom. The lowest BCUT2D eigenvalue weighted by Crippen LogP contribution is -2.37. The zero-order valence-corrected chi connectivity index (χ0v) is 11.9. The van der Waals surface area contributed by atoms with E-state index < -0.39 is 0 Å². The predicted molar refractivity (Wildman–Crippen MR) is 69.2 cm³/mol. The minimum absolute atomic E-state index is 0.00143. The number of rotatable bonds is 4. The molecule has 1 unspecified atom stereocenters. The average molecular weight is 256 g/mol. The minimum Gasteiger partial charge on any atom is -0.442 e. The molecule has 104 valence electrons. The Bertz CT molecular complexity index is 321. The van der Waals surface area contributed by atoms with Gasteiger partial charge in [-0.3, -0.25) is 4.79 Å². The van der Waals surface area contributed by atoms with Gasteiger partial charge in [-0.1, -0.05) is 20.8 Å². The second-order valence-corrected chi connectivity index (χ2v) is 6.29. The van der Waals surface area contributed by atoms with Crippen LogP contribution >= 0.6 is 0 Å². The van der Waals surface area contributed by atoms with Crippen molar-refractivity contribution in [2.75, 3.05) is 13.1 Å². The molecule has 1 heterocycles. The molecule has 1 aliphatic heterocycles. The lowest BCUT2D eigenvalue weighted by molar-refractivity contribution is -0.123. The van der Waals surface area contributed by atoms with Gasteiger partial charge >= 0.3 is 6.09 Å². The van der Waals surface area contributed by atoms with E-state index in [4.69, 9.17) is 4.74 Å². The maximum Gasteiger partial charge on any atom is 0.410 e. The Balaban J connectivity index is 2.34. The summed E-state index contributed by atoms with van der Waals surface area (Å²) in [4.78, 5) is 24.8. The summed E-state index contributed by atoms with van der Waals surface area (Å²) in [5, 5.41) is 2.82. The molecule has 0 aromatic heterocycles. The summed E-state index contributed by atoms with van der Waals surface area (Å²) in [6.07, 6.45) is -0.0504. The number of hydrogen-bond donors (Lipinski definition) is 1. The van der Waals surface area contributed by atoms with Crippen LogP contribution in [-0.2, 0) is 9.53 Å². The molecule has 1 saturated heterocycles. The van der Waals surface area contributed by atoms with Crippen LogP contribution in [0.3, 0.4) is 0 Å². The number of ether oxygens (including phenoxy) is 1. The first-order valence-corrected chi connectivity index (χ1v) is 6.43. The molecule has 1 N–H and O–H groups in total. The maximum atomic E-state index is 11.6. The van der Waals surface area contributed by atoms with Crippen molar-refractivity contribution in [2.24, 2.45) is 5.41 Å². The first kappa shape index (κ1) is 14.8. The van der Waals surface area contributed by atoms with Crippen LogP contribution in [0.4, 0.5) is 4.79 Å². The number of nitrogens with one attached hydrogen (secondary N) is 1. The zero-order valence-electron chi connectivity index (χ0n) is 11.9. The molecular formula is C13H24N2O3. The Labute approximate surface area is 109 Å². The average Bonchev–Trinajstić information content (AvgIpc) is 2.54. The Morgan fingerprint density at radius 3 is 2.56 bits per heavy atom. The minimum atomic E-state index is -0.292. The summed E-state index contributed by atoms with van der Waals surface area (Å²) >= 11 is 0. The third-order valence-electron chi connectivity index (χ3n) is 2.74. The van der Waals surface area contributed by atoms with E-state index in [0.29, 0.717) is 19.5 Å². The number of carbonyl (C=O) groups excluding carboxylic acids is 2. The van der Waals surface area contributed by atoms with Crippen LogP contribution in [-0.4, -0.2) is 42.1 Å². The second-order valence-electron chi connectivity index (χ2n) is 6.29.